The number of hydrogen-bond donors (Lipinski definition) is 0. The molecular formula is C8H12N2O2. The number of ether oxygens (including phenoxy) is 2. The van der Waals surface area contributed by atoms with Gasteiger partial charge in [-0.25, -0.2) is 0 Å². The van der Waals surface area contributed by atoms with Gasteiger partial charge in [-0.15, -0.1) is 0 Å². The summed E-state index contributed by atoms with van der Waals surface area (Å²) in [4.78, 5) is 0. The SMILES string of the molecule is COc1cnn(C)c1CC1CO1. The number of rotatable bonds is 3. The van der Waals surface area contributed by atoms with Crippen LogP contribution in [0.15, 0.2) is 6.20 Å². The molecule has 66 valence electrons. The molecule has 0 aromatic carbocycles. The molecule has 1 aliphatic rings. The van der Waals surface area contributed by atoms with Crippen molar-refractivity contribution in [1.82, 2.24) is 9.78 Å². The molecule has 0 bridgehead atoms. The fourth-order valence-electron chi connectivity index (χ4n) is 1.25. The van der Waals surface area contributed by atoms with Gasteiger partial charge in [0.05, 0.1) is 31.7 Å². The van der Waals surface area contributed by atoms with Crippen LogP contribution >= 0.6 is 0 Å². The molecule has 2 rings (SSSR count). The molecule has 4 nitrogen and oxygen atoms in total. The Balaban J connectivity index is 2.18. The summed E-state index contributed by atoms with van der Waals surface area (Å²) in [5.41, 5.74) is 1.11. The van der Waals surface area contributed by atoms with Crippen molar-refractivity contribution in [3.8, 4) is 5.75 Å². The summed E-state index contributed by atoms with van der Waals surface area (Å²) >= 11 is 0. The molecule has 0 saturated carbocycles. The maximum atomic E-state index is 5.16. The Morgan fingerprint density at radius 2 is 2.58 bits per heavy atom. The number of aromatic nitrogens is 2. The first-order valence-electron chi connectivity index (χ1n) is 3.97. The lowest BCUT2D eigenvalue weighted by Gasteiger charge is -2.01. The smallest absolute Gasteiger partial charge is 0.160 e. The predicted octanol–water partition coefficient (Wildman–Crippen LogP) is 0.370. The van der Waals surface area contributed by atoms with Crippen molar-refractivity contribution in [3.63, 3.8) is 0 Å². The molecule has 0 N–H and O–H groups in total. The number of aryl methyl sites for hydroxylation is 1. The molecule has 4 heteroatoms. The van der Waals surface area contributed by atoms with Crippen molar-refractivity contribution in [2.75, 3.05) is 13.7 Å². The van der Waals surface area contributed by atoms with Crippen LogP contribution in [0.25, 0.3) is 0 Å². The van der Waals surface area contributed by atoms with Gasteiger partial charge in [-0.1, -0.05) is 0 Å². The summed E-state index contributed by atoms with van der Waals surface area (Å²) in [6.45, 7) is 0.869. The highest BCUT2D eigenvalue weighted by Gasteiger charge is 2.25. The highest BCUT2D eigenvalue weighted by Crippen LogP contribution is 2.23. The zero-order chi connectivity index (χ0) is 8.55. The zero-order valence-corrected chi connectivity index (χ0v) is 7.28. The first-order valence-corrected chi connectivity index (χ1v) is 3.97. The van der Waals surface area contributed by atoms with Crippen molar-refractivity contribution in [1.29, 1.82) is 0 Å². The van der Waals surface area contributed by atoms with E-state index in [-0.39, 0.29) is 0 Å². The van der Waals surface area contributed by atoms with Crippen LogP contribution in [0.4, 0.5) is 0 Å². The monoisotopic (exact) mass is 168 g/mol. The quantitative estimate of drug-likeness (QED) is 0.612. The number of methoxy groups -OCH3 is 1. The summed E-state index contributed by atoms with van der Waals surface area (Å²) < 4.78 is 12.1. The third-order valence-electron chi connectivity index (χ3n) is 2.07. The third-order valence-corrected chi connectivity index (χ3v) is 2.07. The second-order valence-electron chi connectivity index (χ2n) is 2.94. The van der Waals surface area contributed by atoms with E-state index in [0.717, 1.165) is 24.5 Å². The Kier molecular flexibility index (Phi) is 1.77. The van der Waals surface area contributed by atoms with Crippen molar-refractivity contribution in [3.05, 3.63) is 11.9 Å². The van der Waals surface area contributed by atoms with Gasteiger partial charge in [0.15, 0.2) is 5.75 Å². The summed E-state index contributed by atoms with van der Waals surface area (Å²) in [5, 5.41) is 4.10. The van der Waals surface area contributed by atoms with Crippen LogP contribution in [-0.2, 0) is 18.2 Å². The van der Waals surface area contributed by atoms with Crippen LogP contribution < -0.4 is 4.74 Å². The van der Waals surface area contributed by atoms with Crippen molar-refractivity contribution < 1.29 is 9.47 Å². The zero-order valence-electron chi connectivity index (χ0n) is 7.28. The molecule has 2 heterocycles. The van der Waals surface area contributed by atoms with Gasteiger partial charge in [0, 0.05) is 13.5 Å². The molecular weight excluding hydrogens is 156 g/mol. The minimum atomic E-state index is 0.384. The van der Waals surface area contributed by atoms with E-state index in [9.17, 15) is 0 Å². The van der Waals surface area contributed by atoms with Crippen LogP contribution in [0, 0.1) is 0 Å². The number of nitrogens with zero attached hydrogens (tertiary/aromatic N) is 2. The third kappa shape index (κ3) is 1.30. The number of hydrogen-bond acceptors (Lipinski definition) is 3. The van der Waals surface area contributed by atoms with Crippen LogP contribution in [0.5, 0.6) is 5.75 Å². The van der Waals surface area contributed by atoms with E-state index in [1.54, 1.807) is 13.3 Å². The Morgan fingerprint density at radius 1 is 1.83 bits per heavy atom. The van der Waals surface area contributed by atoms with Gasteiger partial charge >= 0.3 is 0 Å². The van der Waals surface area contributed by atoms with Crippen LogP contribution in [0.3, 0.4) is 0 Å². The van der Waals surface area contributed by atoms with Crippen molar-refractivity contribution in [2.24, 2.45) is 7.05 Å². The van der Waals surface area contributed by atoms with Crippen molar-refractivity contribution >= 4 is 0 Å². The average Bonchev–Trinajstić information content (AvgIpc) is 2.80. The highest BCUT2D eigenvalue weighted by atomic mass is 16.6. The molecule has 1 unspecified atom stereocenters. The minimum absolute atomic E-state index is 0.384. The molecule has 1 aromatic rings. The van der Waals surface area contributed by atoms with Gasteiger partial charge in [-0.3, -0.25) is 4.68 Å². The van der Waals surface area contributed by atoms with E-state index in [4.69, 9.17) is 9.47 Å². The van der Waals surface area contributed by atoms with E-state index in [1.807, 2.05) is 11.7 Å². The normalized spacial score (nSPS) is 21.0. The second-order valence-corrected chi connectivity index (χ2v) is 2.94. The molecule has 12 heavy (non-hydrogen) atoms. The summed E-state index contributed by atoms with van der Waals surface area (Å²) in [7, 11) is 3.58. The fourth-order valence-corrected chi connectivity index (χ4v) is 1.25. The standard InChI is InChI=1S/C8H12N2O2/c1-10-7(3-6-5-12-6)8(11-2)4-9-10/h4,6H,3,5H2,1-2H3. The molecule has 0 spiro atoms. The Morgan fingerprint density at radius 3 is 3.17 bits per heavy atom. The molecule has 0 aliphatic carbocycles. The summed E-state index contributed by atoms with van der Waals surface area (Å²) in [6.07, 6.45) is 3.02. The van der Waals surface area contributed by atoms with E-state index in [2.05, 4.69) is 5.10 Å². The van der Waals surface area contributed by atoms with Gasteiger partial charge in [0.2, 0.25) is 0 Å². The van der Waals surface area contributed by atoms with Crippen LogP contribution in [0.2, 0.25) is 0 Å². The van der Waals surface area contributed by atoms with Crippen LogP contribution in [-0.4, -0.2) is 29.6 Å². The van der Waals surface area contributed by atoms with Gasteiger partial charge in [0.1, 0.15) is 0 Å². The highest BCUT2D eigenvalue weighted by molar-refractivity contribution is 5.26. The Bertz CT molecular complexity index is 279. The first kappa shape index (κ1) is 7.61. The molecule has 1 atom stereocenters. The first-order chi connectivity index (χ1) is 5.81. The maximum Gasteiger partial charge on any atom is 0.160 e. The van der Waals surface area contributed by atoms with E-state index >= 15 is 0 Å². The molecule has 1 aromatic heterocycles. The van der Waals surface area contributed by atoms with Crippen molar-refractivity contribution in [2.45, 2.75) is 12.5 Å². The van der Waals surface area contributed by atoms with Gasteiger partial charge in [0.25, 0.3) is 0 Å². The van der Waals surface area contributed by atoms with Gasteiger partial charge in [-0.2, -0.15) is 5.10 Å². The molecule has 0 amide bonds. The van der Waals surface area contributed by atoms with E-state index in [1.165, 1.54) is 0 Å². The molecule has 1 fully saturated rings. The van der Waals surface area contributed by atoms with E-state index in [0.29, 0.717) is 6.10 Å². The minimum Gasteiger partial charge on any atom is -0.493 e. The topological polar surface area (TPSA) is 39.6 Å². The van der Waals surface area contributed by atoms with E-state index < -0.39 is 0 Å². The fraction of sp³-hybridized carbons (Fsp3) is 0.625. The molecule has 1 saturated heterocycles. The Labute approximate surface area is 71.1 Å². The van der Waals surface area contributed by atoms with Gasteiger partial charge < -0.3 is 9.47 Å². The summed E-state index contributed by atoms with van der Waals surface area (Å²) in [5.74, 6) is 0.855. The lowest BCUT2D eigenvalue weighted by atomic mass is 10.2. The lowest BCUT2D eigenvalue weighted by Crippen LogP contribution is -2.03. The lowest BCUT2D eigenvalue weighted by molar-refractivity contribution is 0.386. The maximum absolute atomic E-state index is 5.16. The van der Waals surface area contributed by atoms with Crippen LogP contribution in [0.1, 0.15) is 5.69 Å². The Hall–Kier alpha value is -1.03. The summed E-state index contributed by atoms with van der Waals surface area (Å²) in [6, 6.07) is 0. The largest absolute Gasteiger partial charge is 0.493 e. The molecule has 1 aliphatic heterocycles. The average molecular weight is 168 g/mol. The number of epoxide rings is 1. The molecule has 0 radical (unpaired) electrons. The predicted molar refractivity (Wildman–Crippen MR) is 43.2 cm³/mol. The second kappa shape index (κ2) is 2.79. The van der Waals surface area contributed by atoms with Gasteiger partial charge in [-0.05, 0) is 0 Å².